The van der Waals surface area contributed by atoms with Crippen LogP contribution in [0.15, 0.2) is 18.7 Å². The quantitative estimate of drug-likeness (QED) is 0.847. The third-order valence-corrected chi connectivity index (χ3v) is 7.22. The average molecular weight is 367 g/mol. The second kappa shape index (κ2) is 5.41. The molecule has 4 aliphatic carbocycles. The van der Waals surface area contributed by atoms with Gasteiger partial charge in [0.05, 0.1) is 17.8 Å². The number of amides is 1. The van der Waals surface area contributed by atoms with Crippen molar-refractivity contribution in [2.75, 3.05) is 6.54 Å². The molecular weight excluding hydrogens is 342 g/mol. The van der Waals surface area contributed by atoms with Gasteiger partial charge in [-0.2, -0.15) is 10.2 Å². The van der Waals surface area contributed by atoms with Crippen molar-refractivity contribution in [3.05, 3.63) is 30.1 Å². The van der Waals surface area contributed by atoms with E-state index >= 15 is 0 Å². The molecule has 0 aromatic carbocycles. The molecule has 1 amide bonds. The molecule has 2 aromatic rings. The minimum Gasteiger partial charge on any atom is -0.345 e. The molecule has 3 heterocycles. The normalized spacial score (nSPS) is 36.6. The van der Waals surface area contributed by atoms with Crippen LogP contribution in [0.5, 0.6) is 0 Å². The highest BCUT2D eigenvalue weighted by atomic mass is 16.2. The molecule has 0 radical (unpaired) electrons. The Morgan fingerprint density at radius 3 is 2.85 bits per heavy atom. The molecule has 2 N–H and O–H groups in total. The summed E-state index contributed by atoms with van der Waals surface area (Å²) in [5, 5.41) is 15.8. The predicted molar refractivity (Wildman–Crippen MR) is 96.8 cm³/mol. The van der Waals surface area contributed by atoms with Crippen LogP contribution in [0.4, 0.5) is 0 Å². The zero-order valence-electron chi connectivity index (χ0n) is 15.4. The molecule has 8 nitrogen and oxygen atoms in total. The number of rotatable bonds is 3. The van der Waals surface area contributed by atoms with Crippen molar-refractivity contribution in [1.82, 2.24) is 35.2 Å². The van der Waals surface area contributed by atoms with Crippen molar-refractivity contribution in [3.8, 4) is 0 Å². The molecule has 0 saturated heterocycles. The summed E-state index contributed by atoms with van der Waals surface area (Å²) in [6.07, 6.45) is 10.2. The fourth-order valence-electron chi connectivity index (χ4n) is 6.69. The number of carbonyl (C=O) groups excluding carboxylic acids is 1. The Morgan fingerprint density at radius 1 is 1.26 bits per heavy atom. The van der Waals surface area contributed by atoms with Crippen LogP contribution in [0.3, 0.4) is 0 Å². The summed E-state index contributed by atoms with van der Waals surface area (Å²) in [6.45, 7) is 2.52. The first-order chi connectivity index (χ1) is 13.1. The molecule has 2 aromatic heterocycles. The first-order valence-corrected chi connectivity index (χ1v) is 10.1. The number of nitrogens with one attached hydrogen (secondary N) is 2. The van der Waals surface area contributed by atoms with Gasteiger partial charge in [0.25, 0.3) is 5.91 Å². The Hall–Kier alpha value is -2.22. The molecule has 2 atom stereocenters. The van der Waals surface area contributed by atoms with Crippen LogP contribution in [-0.2, 0) is 18.6 Å². The van der Waals surface area contributed by atoms with Crippen molar-refractivity contribution in [3.63, 3.8) is 0 Å². The second-order valence-corrected chi connectivity index (χ2v) is 9.18. The van der Waals surface area contributed by atoms with E-state index in [2.05, 4.69) is 30.5 Å². The van der Waals surface area contributed by atoms with Crippen LogP contribution < -0.4 is 10.6 Å². The third-order valence-electron chi connectivity index (χ3n) is 7.22. The molecule has 7 rings (SSSR count). The third kappa shape index (κ3) is 2.38. The van der Waals surface area contributed by atoms with E-state index in [1.165, 1.54) is 6.42 Å². The maximum Gasteiger partial charge on any atom is 0.272 e. The van der Waals surface area contributed by atoms with Gasteiger partial charge in [-0.05, 0) is 56.4 Å². The van der Waals surface area contributed by atoms with Crippen LogP contribution in [0.25, 0.3) is 0 Å². The van der Waals surface area contributed by atoms with Gasteiger partial charge in [-0.15, -0.1) is 0 Å². The summed E-state index contributed by atoms with van der Waals surface area (Å²) in [6, 6.07) is 1.94. The number of hydrogen-bond acceptors (Lipinski definition) is 5. The van der Waals surface area contributed by atoms with Gasteiger partial charge in [0, 0.05) is 18.6 Å². The van der Waals surface area contributed by atoms with E-state index in [4.69, 9.17) is 0 Å². The van der Waals surface area contributed by atoms with E-state index in [-0.39, 0.29) is 17.0 Å². The van der Waals surface area contributed by atoms with Gasteiger partial charge >= 0.3 is 0 Å². The monoisotopic (exact) mass is 367 g/mol. The molecule has 4 saturated carbocycles. The highest BCUT2D eigenvalue weighted by Crippen LogP contribution is 2.60. The average Bonchev–Trinajstić information content (AvgIpc) is 3.30. The Morgan fingerprint density at radius 2 is 2.11 bits per heavy atom. The van der Waals surface area contributed by atoms with Crippen LogP contribution in [0, 0.1) is 11.8 Å². The molecule has 1 aliphatic heterocycles. The highest BCUT2D eigenvalue weighted by molar-refractivity contribution is 5.93. The Labute approximate surface area is 157 Å². The van der Waals surface area contributed by atoms with E-state index in [9.17, 15) is 4.79 Å². The number of nitrogens with zero attached hydrogens (tertiary/aromatic N) is 5. The number of aromatic nitrogens is 5. The SMILES string of the molecule is O=C(NC12CC3CC(C1)CC(n1cncn1)(C3)C2)c1cc2n(n1)CCNC2. The van der Waals surface area contributed by atoms with E-state index in [1.54, 1.807) is 6.33 Å². The summed E-state index contributed by atoms with van der Waals surface area (Å²) in [5.74, 6) is 1.30. The van der Waals surface area contributed by atoms with Gasteiger partial charge in [-0.3, -0.25) is 9.48 Å². The maximum atomic E-state index is 13.1. The minimum atomic E-state index is -0.129. The summed E-state index contributed by atoms with van der Waals surface area (Å²) in [4.78, 5) is 17.3. The lowest BCUT2D eigenvalue weighted by Crippen LogP contribution is -2.66. The molecule has 4 fully saturated rings. The molecule has 142 valence electrons. The second-order valence-electron chi connectivity index (χ2n) is 9.18. The molecule has 5 aliphatic rings. The smallest absolute Gasteiger partial charge is 0.272 e. The van der Waals surface area contributed by atoms with Crippen LogP contribution >= 0.6 is 0 Å². The van der Waals surface area contributed by atoms with Crippen molar-refractivity contribution >= 4 is 5.91 Å². The van der Waals surface area contributed by atoms with Crippen LogP contribution in [0.1, 0.15) is 54.7 Å². The van der Waals surface area contributed by atoms with Crippen LogP contribution in [0.2, 0.25) is 0 Å². The van der Waals surface area contributed by atoms with E-state index in [0.717, 1.165) is 57.4 Å². The van der Waals surface area contributed by atoms with Crippen molar-refractivity contribution in [2.45, 2.75) is 62.7 Å². The molecular formula is C19H25N7O. The van der Waals surface area contributed by atoms with Gasteiger partial charge in [-0.1, -0.05) is 0 Å². The van der Waals surface area contributed by atoms with Gasteiger partial charge in [0.1, 0.15) is 12.7 Å². The van der Waals surface area contributed by atoms with E-state index in [1.807, 2.05) is 17.1 Å². The summed E-state index contributed by atoms with van der Waals surface area (Å²) in [7, 11) is 0. The topological polar surface area (TPSA) is 89.7 Å². The molecule has 4 bridgehead atoms. The Balaban J connectivity index is 1.29. The molecule has 8 heteroatoms. The van der Waals surface area contributed by atoms with Crippen molar-refractivity contribution in [1.29, 1.82) is 0 Å². The van der Waals surface area contributed by atoms with Crippen LogP contribution in [-0.4, -0.2) is 42.5 Å². The highest BCUT2D eigenvalue weighted by Gasteiger charge is 2.59. The summed E-state index contributed by atoms with van der Waals surface area (Å²) >= 11 is 0. The summed E-state index contributed by atoms with van der Waals surface area (Å²) in [5.41, 5.74) is 1.54. The largest absolute Gasteiger partial charge is 0.345 e. The Bertz CT molecular complexity index is 849. The molecule has 2 unspecified atom stereocenters. The minimum absolute atomic E-state index is 0.0191. The lowest BCUT2D eigenvalue weighted by atomic mass is 9.50. The zero-order valence-corrected chi connectivity index (χ0v) is 15.4. The van der Waals surface area contributed by atoms with Crippen molar-refractivity contribution < 1.29 is 4.79 Å². The lowest BCUT2D eigenvalue weighted by Gasteiger charge is -2.61. The zero-order chi connectivity index (χ0) is 18.1. The predicted octanol–water partition coefficient (Wildman–Crippen LogP) is 1.06. The first-order valence-electron chi connectivity index (χ1n) is 10.1. The van der Waals surface area contributed by atoms with Gasteiger partial charge in [0.2, 0.25) is 0 Å². The fraction of sp³-hybridized carbons (Fsp3) is 0.684. The lowest BCUT2D eigenvalue weighted by molar-refractivity contribution is -0.0744. The van der Waals surface area contributed by atoms with Gasteiger partial charge in [-0.25, -0.2) is 9.67 Å². The number of hydrogen-bond donors (Lipinski definition) is 2. The standard InChI is InChI=1S/C19H25N7O/c27-17(16-4-15-9-20-1-2-25(15)24-16)23-18-5-13-3-14(6-18)8-19(7-13,10-18)26-12-21-11-22-26/h4,11-14,20H,1-3,5-10H2,(H,23,27). The van der Waals surface area contributed by atoms with E-state index in [0.29, 0.717) is 17.5 Å². The fourth-order valence-corrected chi connectivity index (χ4v) is 6.69. The first kappa shape index (κ1) is 15.8. The number of carbonyl (C=O) groups is 1. The maximum absolute atomic E-state index is 13.1. The van der Waals surface area contributed by atoms with Gasteiger partial charge < -0.3 is 10.6 Å². The molecule has 27 heavy (non-hydrogen) atoms. The van der Waals surface area contributed by atoms with Gasteiger partial charge in [0.15, 0.2) is 5.69 Å². The summed E-state index contributed by atoms with van der Waals surface area (Å²) < 4.78 is 4.04. The van der Waals surface area contributed by atoms with E-state index < -0.39 is 0 Å². The number of fused-ring (bicyclic) bond motifs is 1. The van der Waals surface area contributed by atoms with Crippen molar-refractivity contribution in [2.24, 2.45) is 11.8 Å². The molecule has 0 spiro atoms. The Kier molecular flexibility index (Phi) is 3.16.